The smallest absolute Gasteiger partial charge is 0.160 e. The van der Waals surface area contributed by atoms with Gasteiger partial charge in [0, 0.05) is 38.8 Å². The maximum Gasteiger partial charge on any atom is 0.160 e. The fourth-order valence-electron chi connectivity index (χ4n) is 7.52. The molecule has 0 unspecified atom stereocenters. The lowest BCUT2D eigenvalue weighted by molar-refractivity contribution is 0.979. The van der Waals surface area contributed by atoms with Gasteiger partial charge in [-0.05, 0) is 40.3 Å². The van der Waals surface area contributed by atoms with Gasteiger partial charge in [0.05, 0.1) is 22.6 Å². The van der Waals surface area contributed by atoms with E-state index in [1.165, 1.54) is 0 Å². The van der Waals surface area contributed by atoms with Crippen LogP contribution >= 0.6 is 0 Å². The summed E-state index contributed by atoms with van der Waals surface area (Å²) >= 11 is 0. The number of hydrogen-bond acceptors (Lipinski definition) is 3. The summed E-state index contributed by atoms with van der Waals surface area (Å²) in [5.74, 6) is 0.698. The Morgan fingerprint density at radius 2 is 0.818 bits per heavy atom. The van der Waals surface area contributed by atoms with E-state index in [1.54, 1.807) is 0 Å². The van der Waals surface area contributed by atoms with E-state index in [-0.39, 0.29) is 0 Å². The Labute approximate surface area is 319 Å². The number of hydrogen-bond donors (Lipinski definition) is 0. The summed E-state index contributed by atoms with van der Waals surface area (Å²) in [5.41, 5.74) is 14.7. The third-order valence-corrected chi connectivity index (χ3v) is 10.2. The first-order chi connectivity index (χ1) is 27.3. The van der Waals surface area contributed by atoms with E-state index in [0.717, 1.165) is 89.1 Å². The molecular formula is C51H34N4. The Kier molecular flexibility index (Phi) is 8.12. The molecule has 0 aliphatic heterocycles. The van der Waals surface area contributed by atoms with Crippen LogP contribution in [0.3, 0.4) is 0 Å². The lowest BCUT2D eigenvalue weighted by Crippen LogP contribution is -1.96. The summed E-state index contributed by atoms with van der Waals surface area (Å²) in [7, 11) is 0. The Hall–Kier alpha value is -7.43. The van der Waals surface area contributed by atoms with Crippen molar-refractivity contribution in [2.75, 3.05) is 0 Å². The van der Waals surface area contributed by atoms with Gasteiger partial charge < -0.3 is 0 Å². The van der Waals surface area contributed by atoms with E-state index in [4.69, 9.17) is 15.1 Å². The predicted octanol–water partition coefficient (Wildman–Crippen LogP) is 12.9. The molecule has 0 saturated heterocycles. The summed E-state index contributed by atoms with van der Waals surface area (Å²) < 4.78 is 2.14. The van der Waals surface area contributed by atoms with E-state index in [2.05, 4.69) is 174 Å². The van der Waals surface area contributed by atoms with Gasteiger partial charge in [-0.2, -0.15) is 5.10 Å². The molecule has 0 aliphatic carbocycles. The minimum atomic E-state index is 0.698. The monoisotopic (exact) mass is 702 g/mol. The number of rotatable bonds is 7. The zero-order chi connectivity index (χ0) is 36.6. The first kappa shape index (κ1) is 32.2. The number of aromatic nitrogens is 4. The Balaban J connectivity index is 1.12. The van der Waals surface area contributed by atoms with Gasteiger partial charge in [0.15, 0.2) is 5.82 Å². The van der Waals surface area contributed by atoms with Gasteiger partial charge >= 0.3 is 0 Å². The topological polar surface area (TPSA) is 43.1 Å². The molecule has 258 valence electrons. The third kappa shape index (κ3) is 6.06. The summed E-state index contributed by atoms with van der Waals surface area (Å²) in [6.07, 6.45) is 0. The van der Waals surface area contributed by atoms with Crippen molar-refractivity contribution in [3.8, 4) is 78.7 Å². The zero-order valence-corrected chi connectivity index (χ0v) is 29.9. The van der Waals surface area contributed by atoms with Crippen LogP contribution in [0.2, 0.25) is 0 Å². The first-order valence-electron chi connectivity index (χ1n) is 18.5. The fourth-order valence-corrected chi connectivity index (χ4v) is 7.52. The number of benzene rings is 7. The van der Waals surface area contributed by atoms with E-state index in [9.17, 15) is 0 Å². The number of nitrogens with zero attached hydrogens (tertiary/aromatic N) is 4. The molecule has 3 heterocycles. The average Bonchev–Trinajstić information content (AvgIpc) is 3.68. The van der Waals surface area contributed by atoms with Crippen molar-refractivity contribution in [1.82, 2.24) is 19.6 Å². The predicted molar refractivity (Wildman–Crippen MR) is 226 cm³/mol. The highest BCUT2D eigenvalue weighted by molar-refractivity contribution is 6.09. The van der Waals surface area contributed by atoms with Crippen molar-refractivity contribution in [3.63, 3.8) is 0 Å². The van der Waals surface area contributed by atoms with Crippen molar-refractivity contribution in [3.05, 3.63) is 206 Å². The molecule has 0 N–H and O–H groups in total. The fraction of sp³-hybridized carbons (Fsp3) is 0. The molecule has 0 spiro atoms. The van der Waals surface area contributed by atoms with Crippen LogP contribution < -0.4 is 0 Å². The van der Waals surface area contributed by atoms with Gasteiger partial charge in [-0.1, -0.05) is 188 Å². The Bertz CT molecular complexity index is 2870. The van der Waals surface area contributed by atoms with Crippen molar-refractivity contribution >= 4 is 16.3 Å². The molecule has 0 aliphatic rings. The van der Waals surface area contributed by atoms with Crippen LogP contribution in [0.1, 0.15) is 0 Å². The molecule has 55 heavy (non-hydrogen) atoms. The normalized spacial score (nSPS) is 11.3. The summed E-state index contributed by atoms with van der Waals surface area (Å²) in [6, 6.07) is 72.1. The van der Waals surface area contributed by atoms with Crippen molar-refractivity contribution in [1.29, 1.82) is 0 Å². The number of fused-ring (bicyclic) bond motifs is 3. The summed E-state index contributed by atoms with van der Waals surface area (Å²) in [5, 5.41) is 7.66. The largest absolute Gasteiger partial charge is 0.231 e. The molecule has 0 saturated carbocycles. The Morgan fingerprint density at radius 1 is 0.345 bits per heavy atom. The molecule has 3 aromatic heterocycles. The van der Waals surface area contributed by atoms with Crippen molar-refractivity contribution in [2.45, 2.75) is 0 Å². The van der Waals surface area contributed by atoms with E-state index < -0.39 is 0 Å². The highest BCUT2D eigenvalue weighted by atomic mass is 15.2. The lowest BCUT2D eigenvalue weighted by atomic mass is 9.95. The van der Waals surface area contributed by atoms with Gasteiger partial charge in [-0.15, -0.1) is 0 Å². The van der Waals surface area contributed by atoms with E-state index >= 15 is 0 Å². The maximum absolute atomic E-state index is 5.36. The quantitative estimate of drug-likeness (QED) is 0.166. The van der Waals surface area contributed by atoms with Gasteiger partial charge in [0.1, 0.15) is 5.69 Å². The molecule has 0 bridgehead atoms. The van der Waals surface area contributed by atoms with Crippen LogP contribution in [-0.4, -0.2) is 19.6 Å². The van der Waals surface area contributed by atoms with Gasteiger partial charge in [-0.3, -0.25) is 0 Å². The van der Waals surface area contributed by atoms with Crippen LogP contribution in [0, 0.1) is 0 Å². The second-order valence-electron chi connectivity index (χ2n) is 13.7. The second kappa shape index (κ2) is 13.8. The molecular weight excluding hydrogens is 669 g/mol. The van der Waals surface area contributed by atoms with E-state index in [1.807, 2.05) is 36.4 Å². The minimum Gasteiger partial charge on any atom is -0.231 e. The molecule has 0 radical (unpaired) electrons. The van der Waals surface area contributed by atoms with Crippen LogP contribution in [0.25, 0.3) is 95.0 Å². The molecule has 10 aromatic rings. The van der Waals surface area contributed by atoms with Crippen LogP contribution in [0.5, 0.6) is 0 Å². The van der Waals surface area contributed by atoms with Crippen molar-refractivity contribution in [2.24, 2.45) is 0 Å². The van der Waals surface area contributed by atoms with Gasteiger partial charge in [0.25, 0.3) is 0 Å². The third-order valence-electron chi connectivity index (χ3n) is 10.2. The summed E-state index contributed by atoms with van der Waals surface area (Å²) in [4.78, 5) is 10.1. The molecule has 4 heteroatoms. The van der Waals surface area contributed by atoms with Crippen LogP contribution in [0.15, 0.2) is 206 Å². The highest BCUT2D eigenvalue weighted by Crippen LogP contribution is 2.41. The Morgan fingerprint density at radius 3 is 1.38 bits per heavy atom. The zero-order valence-electron chi connectivity index (χ0n) is 29.9. The highest BCUT2D eigenvalue weighted by Gasteiger charge is 2.22. The molecule has 0 amide bonds. The second-order valence-corrected chi connectivity index (χ2v) is 13.7. The molecule has 7 aromatic carbocycles. The van der Waals surface area contributed by atoms with Gasteiger partial charge in [0.2, 0.25) is 0 Å². The van der Waals surface area contributed by atoms with Crippen molar-refractivity contribution < 1.29 is 0 Å². The standard InChI is InChI=1S/C51H34N4/c1-6-16-36(17-7-1)45-34-46(37-18-8-2-9-19-37)53-51(52-45)41-28-26-35(27-29-41)42-30-31-44-43(32-42)33-47(38-20-10-3-11-21-38)55-50(44)48(39-22-12-4-13-23-39)49(54-55)40-24-14-5-15-25-40/h1-34H. The SMILES string of the molecule is c1ccc(-c2cc(-c3ccccc3)nc(-c3ccc(-c4ccc5c(c4)cc(-c4ccccc4)n4nc(-c6ccccc6)c(-c6ccccc6)c54)cc3)n2)cc1. The van der Waals surface area contributed by atoms with Gasteiger partial charge in [-0.25, -0.2) is 14.5 Å². The maximum atomic E-state index is 5.36. The lowest BCUT2D eigenvalue weighted by Gasteiger charge is -2.13. The number of pyridine rings is 1. The van der Waals surface area contributed by atoms with Crippen LogP contribution in [-0.2, 0) is 0 Å². The first-order valence-corrected chi connectivity index (χ1v) is 18.5. The molecule has 0 fully saturated rings. The summed E-state index contributed by atoms with van der Waals surface area (Å²) in [6.45, 7) is 0. The average molecular weight is 703 g/mol. The minimum absolute atomic E-state index is 0.698. The molecule has 10 rings (SSSR count). The molecule has 4 nitrogen and oxygen atoms in total. The van der Waals surface area contributed by atoms with E-state index in [0.29, 0.717) is 5.82 Å². The van der Waals surface area contributed by atoms with Crippen LogP contribution in [0.4, 0.5) is 0 Å². The molecule has 0 atom stereocenters.